The molecule has 0 fully saturated rings. The topological polar surface area (TPSA) is 23.6 Å². The highest BCUT2D eigenvalue weighted by molar-refractivity contribution is 5.94. The van der Waals surface area contributed by atoms with Crippen LogP contribution in [0.5, 0.6) is 0 Å². The number of rotatable bonds is 3. The van der Waals surface area contributed by atoms with E-state index in [1.165, 1.54) is 17.0 Å². The molecule has 17 heavy (non-hydrogen) atoms. The predicted molar refractivity (Wildman–Crippen MR) is 66.5 cm³/mol. The van der Waals surface area contributed by atoms with E-state index < -0.39 is 11.7 Å². The predicted octanol–water partition coefficient (Wildman–Crippen LogP) is 1.60. The van der Waals surface area contributed by atoms with Crippen molar-refractivity contribution in [1.82, 2.24) is 4.90 Å². The lowest BCUT2D eigenvalue weighted by Gasteiger charge is -2.16. The van der Waals surface area contributed by atoms with Gasteiger partial charge in [-0.05, 0) is 18.2 Å². The number of nitrogens with zero attached hydrogens (tertiary/aromatic N) is 2. The van der Waals surface area contributed by atoms with Crippen molar-refractivity contribution in [2.75, 3.05) is 32.6 Å². The molecule has 1 rings (SSSR count). The molecule has 1 amide bonds. The highest BCUT2D eigenvalue weighted by atomic mass is 19.1. The molecule has 90 valence electrons. The fourth-order valence-electron chi connectivity index (χ4n) is 1.37. The SMILES string of the molecule is C#CCN(C)C(=O)c1ccc(N(C)C)cc1F. The maximum atomic E-state index is 13.7. The zero-order valence-electron chi connectivity index (χ0n) is 10.2. The molecule has 0 aliphatic heterocycles. The Kier molecular flexibility index (Phi) is 4.11. The molecule has 0 aliphatic carbocycles. The molecule has 1 aromatic carbocycles. The Morgan fingerprint density at radius 3 is 2.53 bits per heavy atom. The van der Waals surface area contributed by atoms with Crippen molar-refractivity contribution >= 4 is 11.6 Å². The Bertz CT molecular complexity index is 463. The maximum absolute atomic E-state index is 13.7. The van der Waals surface area contributed by atoms with Gasteiger partial charge in [-0.3, -0.25) is 4.79 Å². The minimum atomic E-state index is -0.537. The molecule has 0 heterocycles. The normalized spacial score (nSPS) is 9.59. The van der Waals surface area contributed by atoms with Crippen LogP contribution in [0.1, 0.15) is 10.4 Å². The number of halogens is 1. The van der Waals surface area contributed by atoms with Gasteiger partial charge in [-0.25, -0.2) is 4.39 Å². The Labute approximate surface area is 101 Å². The van der Waals surface area contributed by atoms with Crippen LogP contribution in [0, 0.1) is 18.2 Å². The summed E-state index contributed by atoms with van der Waals surface area (Å²) in [5, 5.41) is 0. The molecule has 0 unspecified atom stereocenters. The van der Waals surface area contributed by atoms with Gasteiger partial charge >= 0.3 is 0 Å². The van der Waals surface area contributed by atoms with Gasteiger partial charge in [0.05, 0.1) is 12.1 Å². The van der Waals surface area contributed by atoms with Crippen LogP contribution in [0.15, 0.2) is 18.2 Å². The highest BCUT2D eigenvalue weighted by Crippen LogP contribution is 2.17. The first-order valence-electron chi connectivity index (χ1n) is 5.13. The second kappa shape index (κ2) is 5.35. The standard InChI is InChI=1S/C13H15FN2O/c1-5-8-16(4)13(17)11-7-6-10(15(2)3)9-12(11)14/h1,6-7,9H,8H2,2-4H3. The second-order valence-corrected chi connectivity index (χ2v) is 3.92. The van der Waals surface area contributed by atoms with E-state index in [2.05, 4.69) is 5.92 Å². The molecule has 4 heteroatoms. The zero-order chi connectivity index (χ0) is 13.0. The number of benzene rings is 1. The number of anilines is 1. The largest absolute Gasteiger partial charge is 0.378 e. The summed E-state index contributed by atoms with van der Waals surface area (Å²) in [6, 6.07) is 4.50. The summed E-state index contributed by atoms with van der Waals surface area (Å²) in [6.07, 6.45) is 5.10. The fraction of sp³-hybridized carbons (Fsp3) is 0.308. The molecule has 0 radical (unpaired) electrons. The molecular formula is C13H15FN2O. The first kappa shape index (κ1) is 13.0. The van der Waals surface area contributed by atoms with E-state index in [4.69, 9.17) is 6.42 Å². The van der Waals surface area contributed by atoms with Gasteiger partial charge in [-0.1, -0.05) is 5.92 Å². The van der Waals surface area contributed by atoms with Crippen molar-refractivity contribution in [3.8, 4) is 12.3 Å². The van der Waals surface area contributed by atoms with Gasteiger partial charge in [0, 0.05) is 26.8 Å². The minimum absolute atomic E-state index is 0.0355. The number of carbonyl (C=O) groups excluding carboxylic acids is 1. The van der Waals surface area contributed by atoms with Crippen molar-refractivity contribution < 1.29 is 9.18 Å². The van der Waals surface area contributed by atoms with Crippen LogP contribution in [0.4, 0.5) is 10.1 Å². The van der Waals surface area contributed by atoms with Gasteiger partial charge in [0.15, 0.2) is 0 Å². The lowest BCUT2D eigenvalue weighted by Crippen LogP contribution is -2.27. The number of carbonyl (C=O) groups is 1. The number of terminal acetylenes is 1. The van der Waals surface area contributed by atoms with Crippen molar-refractivity contribution in [2.45, 2.75) is 0 Å². The summed E-state index contributed by atoms with van der Waals surface area (Å²) in [5.74, 6) is 1.39. The molecule has 0 atom stereocenters. The first-order valence-corrected chi connectivity index (χ1v) is 5.13. The molecule has 0 saturated heterocycles. The van der Waals surface area contributed by atoms with E-state index in [9.17, 15) is 9.18 Å². The van der Waals surface area contributed by atoms with E-state index in [0.717, 1.165) is 0 Å². The van der Waals surface area contributed by atoms with Crippen LogP contribution < -0.4 is 4.90 Å². The second-order valence-electron chi connectivity index (χ2n) is 3.92. The maximum Gasteiger partial charge on any atom is 0.257 e. The van der Waals surface area contributed by atoms with Gasteiger partial charge in [0.1, 0.15) is 5.82 Å². The van der Waals surface area contributed by atoms with E-state index >= 15 is 0 Å². The zero-order valence-corrected chi connectivity index (χ0v) is 10.2. The van der Waals surface area contributed by atoms with E-state index in [1.54, 1.807) is 32.1 Å². The van der Waals surface area contributed by atoms with Gasteiger partial charge in [0.25, 0.3) is 5.91 Å². The lowest BCUT2D eigenvalue weighted by atomic mass is 10.1. The quantitative estimate of drug-likeness (QED) is 0.742. The van der Waals surface area contributed by atoms with Crippen LogP contribution in [0.25, 0.3) is 0 Å². The average molecular weight is 234 g/mol. The fourth-order valence-corrected chi connectivity index (χ4v) is 1.37. The van der Waals surface area contributed by atoms with Crippen LogP contribution in [0.2, 0.25) is 0 Å². The molecule has 0 aliphatic rings. The molecule has 0 saturated carbocycles. The Morgan fingerprint density at radius 2 is 2.06 bits per heavy atom. The van der Waals surface area contributed by atoms with Crippen LogP contribution in [0.3, 0.4) is 0 Å². The molecule has 0 aromatic heterocycles. The van der Waals surface area contributed by atoms with Gasteiger partial charge in [-0.2, -0.15) is 0 Å². The Hall–Kier alpha value is -2.02. The van der Waals surface area contributed by atoms with E-state index in [-0.39, 0.29) is 12.1 Å². The van der Waals surface area contributed by atoms with E-state index in [0.29, 0.717) is 5.69 Å². The smallest absolute Gasteiger partial charge is 0.257 e. The molecular weight excluding hydrogens is 219 g/mol. The van der Waals surface area contributed by atoms with Crippen LogP contribution in [-0.2, 0) is 0 Å². The van der Waals surface area contributed by atoms with Crippen molar-refractivity contribution in [2.24, 2.45) is 0 Å². The lowest BCUT2D eigenvalue weighted by molar-refractivity contribution is 0.0808. The summed E-state index contributed by atoms with van der Waals surface area (Å²) in [6.45, 7) is 0.160. The van der Waals surface area contributed by atoms with Gasteiger partial charge in [-0.15, -0.1) is 6.42 Å². The third kappa shape index (κ3) is 2.97. The van der Waals surface area contributed by atoms with Crippen molar-refractivity contribution in [3.05, 3.63) is 29.6 Å². The first-order chi connectivity index (χ1) is 7.97. The monoisotopic (exact) mass is 234 g/mol. The van der Waals surface area contributed by atoms with Crippen molar-refractivity contribution in [3.63, 3.8) is 0 Å². The molecule has 0 N–H and O–H groups in total. The molecule has 0 bridgehead atoms. The highest BCUT2D eigenvalue weighted by Gasteiger charge is 2.16. The summed E-state index contributed by atoms with van der Waals surface area (Å²) in [5.41, 5.74) is 0.743. The van der Waals surface area contributed by atoms with Gasteiger partial charge in [0.2, 0.25) is 0 Å². The molecule has 0 spiro atoms. The molecule has 3 nitrogen and oxygen atoms in total. The van der Waals surface area contributed by atoms with Gasteiger partial charge < -0.3 is 9.80 Å². The Morgan fingerprint density at radius 1 is 1.41 bits per heavy atom. The third-order valence-corrected chi connectivity index (χ3v) is 2.37. The van der Waals surface area contributed by atoms with Crippen LogP contribution in [-0.4, -0.2) is 38.5 Å². The Balaban J connectivity index is 3.01. The minimum Gasteiger partial charge on any atom is -0.378 e. The summed E-state index contributed by atoms with van der Waals surface area (Å²) >= 11 is 0. The average Bonchev–Trinajstić information content (AvgIpc) is 2.28. The summed E-state index contributed by atoms with van der Waals surface area (Å²) in [4.78, 5) is 14.9. The summed E-state index contributed by atoms with van der Waals surface area (Å²) < 4.78 is 13.7. The number of amides is 1. The number of hydrogen-bond acceptors (Lipinski definition) is 2. The van der Waals surface area contributed by atoms with E-state index in [1.807, 2.05) is 0 Å². The summed E-state index contributed by atoms with van der Waals surface area (Å²) in [7, 11) is 5.16. The van der Waals surface area contributed by atoms with Crippen molar-refractivity contribution in [1.29, 1.82) is 0 Å². The number of hydrogen-bond donors (Lipinski definition) is 0. The van der Waals surface area contributed by atoms with Crippen LogP contribution >= 0.6 is 0 Å². The third-order valence-electron chi connectivity index (χ3n) is 2.37. The molecule has 1 aromatic rings.